The van der Waals surface area contributed by atoms with Gasteiger partial charge in [-0.15, -0.1) is 0 Å². The molecule has 0 heterocycles. The van der Waals surface area contributed by atoms with Gasteiger partial charge in [0.2, 0.25) is 0 Å². The maximum absolute atomic E-state index is 3.60. The molecule has 0 aromatic heterocycles. The molecule has 18 heavy (non-hydrogen) atoms. The fourth-order valence-electron chi connectivity index (χ4n) is 1.21. The Labute approximate surface area is 123 Å². The van der Waals surface area contributed by atoms with Gasteiger partial charge in [0.25, 0.3) is 0 Å². The van der Waals surface area contributed by atoms with Crippen molar-refractivity contribution in [1.82, 2.24) is 0 Å². The van der Waals surface area contributed by atoms with Crippen molar-refractivity contribution in [1.29, 1.82) is 0 Å². The van der Waals surface area contributed by atoms with Crippen LogP contribution in [0.5, 0.6) is 0 Å². The van der Waals surface area contributed by atoms with Crippen LogP contribution < -0.4 is 5.32 Å². The van der Waals surface area contributed by atoms with Gasteiger partial charge < -0.3 is 12.2 Å². The Morgan fingerprint density at radius 3 is 1.44 bits per heavy atom. The number of unbranched alkanes of at least 4 members (excludes halogenated alkanes) is 1. The molecule has 92 valence electrons. The topological polar surface area (TPSA) is 12.0 Å². The molecule has 2 heteroatoms. The van der Waals surface area contributed by atoms with Crippen LogP contribution in [0.1, 0.15) is 19.8 Å². The number of hydrogen-bond acceptors (Lipinski definition) is 1. The molecule has 0 spiro atoms. The average Bonchev–Trinajstić information content (AvgIpc) is 2.41. The van der Waals surface area contributed by atoms with Gasteiger partial charge in [0, 0.05) is 30.9 Å². The SMILES string of the molecule is [CH2-]CCC.[Zn].c1ccc(Nc2ccccc2)cc1. The standard InChI is InChI=1S/C12H11N.C4H9.Zn/c1-3-7-11(8-4-1)13-12-9-5-2-6-10-12;1-3-4-2;/h1-10,13H;1,3-4H2,2H3;/q;-1;. The monoisotopic (exact) mass is 290 g/mol. The maximum atomic E-state index is 3.60. The van der Waals surface area contributed by atoms with Crippen molar-refractivity contribution in [2.45, 2.75) is 19.8 Å². The molecule has 0 aliphatic carbocycles. The summed E-state index contributed by atoms with van der Waals surface area (Å²) < 4.78 is 0. The Bertz CT molecular complexity index is 347. The molecule has 2 aromatic carbocycles. The number of nitrogens with one attached hydrogen (secondary N) is 1. The number of benzene rings is 2. The fraction of sp³-hybridized carbons (Fsp3) is 0.188. The van der Waals surface area contributed by atoms with Crippen molar-refractivity contribution in [3.8, 4) is 0 Å². The van der Waals surface area contributed by atoms with Crippen LogP contribution >= 0.6 is 0 Å². The molecule has 0 radical (unpaired) electrons. The summed E-state index contributed by atoms with van der Waals surface area (Å²) in [5, 5.41) is 3.30. The van der Waals surface area contributed by atoms with Crippen molar-refractivity contribution in [3.63, 3.8) is 0 Å². The van der Waals surface area contributed by atoms with Crippen LogP contribution in [-0.2, 0) is 19.5 Å². The van der Waals surface area contributed by atoms with E-state index in [1.54, 1.807) is 0 Å². The molecule has 2 aromatic rings. The Hall–Kier alpha value is -1.14. The zero-order chi connectivity index (χ0) is 12.3. The summed E-state index contributed by atoms with van der Waals surface area (Å²) in [6, 6.07) is 20.3. The van der Waals surface area contributed by atoms with E-state index in [-0.39, 0.29) is 19.5 Å². The Morgan fingerprint density at radius 2 is 1.17 bits per heavy atom. The van der Waals surface area contributed by atoms with Crippen molar-refractivity contribution in [2.75, 3.05) is 5.32 Å². The summed E-state index contributed by atoms with van der Waals surface area (Å²) in [6.45, 7) is 5.72. The van der Waals surface area contributed by atoms with E-state index in [0.29, 0.717) is 0 Å². The second kappa shape index (κ2) is 11.0. The second-order valence-electron chi connectivity index (χ2n) is 3.71. The molecule has 2 rings (SSSR count). The van der Waals surface area contributed by atoms with E-state index < -0.39 is 0 Å². The summed E-state index contributed by atoms with van der Waals surface area (Å²) in [6.07, 6.45) is 2.28. The third-order valence-electron chi connectivity index (χ3n) is 2.19. The Morgan fingerprint density at radius 1 is 0.833 bits per heavy atom. The first kappa shape index (κ1) is 16.9. The van der Waals surface area contributed by atoms with Crippen LogP contribution in [0.25, 0.3) is 0 Å². The van der Waals surface area contributed by atoms with E-state index in [1.165, 1.54) is 6.42 Å². The van der Waals surface area contributed by atoms with Crippen LogP contribution in [0.3, 0.4) is 0 Å². The first-order chi connectivity index (χ1) is 8.36. The summed E-state index contributed by atoms with van der Waals surface area (Å²) in [7, 11) is 0. The zero-order valence-corrected chi connectivity index (χ0v) is 14.1. The quantitative estimate of drug-likeness (QED) is 0.616. The molecule has 0 unspecified atom stereocenters. The Balaban J connectivity index is 0.000000512. The van der Waals surface area contributed by atoms with E-state index in [0.717, 1.165) is 17.8 Å². The minimum absolute atomic E-state index is 0. The average molecular weight is 292 g/mol. The van der Waals surface area contributed by atoms with Gasteiger partial charge in [-0.25, -0.2) is 0 Å². The Kier molecular flexibility index (Phi) is 10.3. The molecule has 0 atom stereocenters. The van der Waals surface area contributed by atoms with Crippen molar-refractivity contribution in [2.24, 2.45) is 0 Å². The number of anilines is 2. The summed E-state index contributed by atoms with van der Waals surface area (Å²) in [4.78, 5) is 0. The number of rotatable bonds is 3. The molecular weight excluding hydrogens is 272 g/mol. The van der Waals surface area contributed by atoms with E-state index in [1.807, 2.05) is 60.7 Å². The van der Waals surface area contributed by atoms with Crippen LogP contribution in [0.15, 0.2) is 60.7 Å². The van der Waals surface area contributed by atoms with Gasteiger partial charge in [0.1, 0.15) is 0 Å². The minimum Gasteiger partial charge on any atom is -0.356 e. The molecule has 0 aliphatic rings. The van der Waals surface area contributed by atoms with Gasteiger partial charge in [-0.1, -0.05) is 49.7 Å². The van der Waals surface area contributed by atoms with E-state index >= 15 is 0 Å². The molecular formula is C16H20NZn-. The smallest absolute Gasteiger partial charge is 0.0384 e. The molecule has 0 aliphatic heterocycles. The van der Waals surface area contributed by atoms with Crippen LogP contribution in [0, 0.1) is 6.92 Å². The molecule has 1 nitrogen and oxygen atoms in total. The molecule has 0 saturated heterocycles. The normalized spacial score (nSPS) is 8.56. The van der Waals surface area contributed by atoms with E-state index in [9.17, 15) is 0 Å². The molecule has 0 bridgehead atoms. The predicted molar refractivity (Wildman–Crippen MR) is 76.4 cm³/mol. The van der Waals surface area contributed by atoms with Crippen molar-refractivity contribution < 1.29 is 19.5 Å². The van der Waals surface area contributed by atoms with Crippen molar-refractivity contribution >= 4 is 11.4 Å². The zero-order valence-electron chi connectivity index (χ0n) is 11.1. The molecule has 0 fully saturated rings. The van der Waals surface area contributed by atoms with Crippen LogP contribution in [-0.4, -0.2) is 0 Å². The van der Waals surface area contributed by atoms with Crippen LogP contribution in [0.4, 0.5) is 11.4 Å². The predicted octanol–water partition coefficient (Wildman–Crippen LogP) is 5.05. The van der Waals surface area contributed by atoms with Gasteiger partial charge in [-0.3, -0.25) is 0 Å². The first-order valence-electron chi connectivity index (χ1n) is 6.03. The van der Waals surface area contributed by atoms with Gasteiger partial charge >= 0.3 is 0 Å². The van der Waals surface area contributed by atoms with Gasteiger partial charge in [0.15, 0.2) is 0 Å². The largest absolute Gasteiger partial charge is 0.356 e. The van der Waals surface area contributed by atoms with E-state index in [4.69, 9.17) is 0 Å². The fourth-order valence-corrected chi connectivity index (χ4v) is 1.21. The van der Waals surface area contributed by atoms with Crippen LogP contribution in [0.2, 0.25) is 0 Å². The number of hydrogen-bond donors (Lipinski definition) is 1. The molecule has 0 amide bonds. The third kappa shape index (κ3) is 7.24. The maximum Gasteiger partial charge on any atom is 0.0384 e. The molecule has 0 saturated carbocycles. The molecule has 1 N–H and O–H groups in total. The number of para-hydroxylation sites is 2. The second-order valence-corrected chi connectivity index (χ2v) is 3.71. The van der Waals surface area contributed by atoms with E-state index in [2.05, 4.69) is 19.2 Å². The van der Waals surface area contributed by atoms with Gasteiger partial charge in [0.05, 0.1) is 0 Å². The van der Waals surface area contributed by atoms with Gasteiger partial charge in [-0.2, -0.15) is 6.42 Å². The minimum atomic E-state index is 0. The third-order valence-corrected chi connectivity index (χ3v) is 2.19. The summed E-state index contributed by atoms with van der Waals surface area (Å²) >= 11 is 0. The van der Waals surface area contributed by atoms with Crippen molar-refractivity contribution in [3.05, 3.63) is 67.6 Å². The summed E-state index contributed by atoms with van der Waals surface area (Å²) in [5.74, 6) is 0. The summed E-state index contributed by atoms with van der Waals surface area (Å²) in [5.41, 5.74) is 2.24. The van der Waals surface area contributed by atoms with Gasteiger partial charge in [-0.05, 0) is 24.3 Å². The first-order valence-corrected chi connectivity index (χ1v) is 6.03.